The van der Waals surface area contributed by atoms with Crippen LogP contribution in [0, 0.1) is 0 Å². The summed E-state index contributed by atoms with van der Waals surface area (Å²) in [6.07, 6.45) is 3.19. The molecule has 220 valence electrons. The highest BCUT2D eigenvalue weighted by Crippen LogP contribution is 2.38. The number of benzene rings is 3. The molecule has 0 bridgehead atoms. The van der Waals surface area contributed by atoms with Crippen molar-refractivity contribution in [1.29, 1.82) is 0 Å². The van der Waals surface area contributed by atoms with Crippen molar-refractivity contribution in [2.45, 2.75) is 70.3 Å². The molecule has 1 fully saturated rings. The first-order chi connectivity index (χ1) is 20.5. The molecule has 1 aliphatic heterocycles. The van der Waals surface area contributed by atoms with Gasteiger partial charge in [0.1, 0.15) is 0 Å². The zero-order valence-electron chi connectivity index (χ0n) is 23.3. The van der Waals surface area contributed by atoms with Gasteiger partial charge < -0.3 is 24.5 Å². The molecular weight excluding hydrogens is 536 g/mol. The number of nitrogens with zero attached hydrogens (tertiary/aromatic N) is 2. The van der Waals surface area contributed by atoms with Gasteiger partial charge in [-0.3, -0.25) is 14.8 Å². The average Bonchev–Trinajstić information content (AvgIpc) is 3.44. The van der Waals surface area contributed by atoms with Crippen LogP contribution in [-0.4, -0.2) is 37.8 Å². The quantitative estimate of drug-likeness (QED) is 0.112. The molecule has 0 saturated carbocycles. The first kappa shape index (κ1) is 29.4. The van der Waals surface area contributed by atoms with Gasteiger partial charge in [0.15, 0.2) is 6.29 Å². The summed E-state index contributed by atoms with van der Waals surface area (Å²) in [5.41, 5.74) is 7.28. The van der Waals surface area contributed by atoms with Crippen molar-refractivity contribution in [2.24, 2.45) is 0 Å². The first-order valence-corrected chi connectivity index (χ1v) is 14.2. The second kappa shape index (κ2) is 14.2. The van der Waals surface area contributed by atoms with Crippen molar-refractivity contribution >= 4 is 22.8 Å². The van der Waals surface area contributed by atoms with Gasteiger partial charge in [0.2, 0.25) is 11.8 Å². The van der Waals surface area contributed by atoms with Crippen LogP contribution in [0.1, 0.15) is 66.8 Å². The highest BCUT2D eigenvalue weighted by atomic mass is 16.7. The van der Waals surface area contributed by atoms with E-state index in [2.05, 4.69) is 20.9 Å². The lowest BCUT2D eigenvalue weighted by Crippen LogP contribution is -2.32. The number of hydrogen-bond donors (Lipinski definition) is 4. The van der Waals surface area contributed by atoms with Crippen molar-refractivity contribution in [2.75, 3.05) is 0 Å². The van der Waals surface area contributed by atoms with Crippen LogP contribution < -0.4 is 10.8 Å². The molecule has 10 nitrogen and oxygen atoms in total. The summed E-state index contributed by atoms with van der Waals surface area (Å²) in [7, 11) is 0. The number of rotatable bonds is 12. The predicted molar refractivity (Wildman–Crippen MR) is 155 cm³/mol. The summed E-state index contributed by atoms with van der Waals surface area (Å²) in [4.78, 5) is 27.8. The molecule has 4 aromatic rings. The molecule has 0 spiro atoms. The van der Waals surface area contributed by atoms with Crippen molar-refractivity contribution in [3.63, 3.8) is 0 Å². The number of amides is 2. The van der Waals surface area contributed by atoms with E-state index in [1.54, 1.807) is 5.48 Å². The summed E-state index contributed by atoms with van der Waals surface area (Å²) in [6, 6.07) is 23.7. The van der Waals surface area contributed by atoms with Crippen LogP contribution >= 0.6 is 0 Å². The van der Waals surface area contributed by atoms with Gasteiger partial charge in [0, 0.05) is 31.4 Å². The Morgan fingerprint density at radius 1 is 0.881 bits per heavy atom. The van der Waals surface area contributed by atoms with Crippen LogP contribution in [-0.2, 0) is 38.8 Å². The number of carbonyl (C=O) groups is 2. The molecule has 3 aromatic carbocycles. The fourth-order valence-corrected chi connectivity index (χ4v) is 5.12. The topological polar surface area (TPSA) is 135 Å². The summed E-state index contributed by atoms with van der Waals surface area (Å²) >= 11 is 0. The fourth-order valence-electron chi connectivity index (χ4n) is 5.12. The molecule has 0 aliphatic carbocycles. The molecule has 3 atom stereocenters. The molecular formula is C32H36N4O6. The van der Waals surface area contributed by atoms with Gasteiger partial charge in [-0.25, -0.2) is 10.5 Å². The number of ether oxygens (including phenoxy) is 2. The minimum atomic E-state index is -0.583. The maximum Gasteiger partial charge on any atom is 0.243 e. The van der Waals surface area contributed by atoms with Gasteiger partial charge in [-0.1, -0.05) is 60.7 Å². The van der Waals surface area contributed by atoms with Crippen LogP contribution in [0.5, 0.6) is 0 Å². The summed E-state index contributed by atoms with van der Waals surface area (Å²) in [5.74, 6) is -0.541. The number of hydrogen-bond acceptors (Lipinski definition) is 7. The largest absolute Gasteiger partial charge is 0.392 e. The minimum Gasteiger partial charge on any atom is -0.392 e. The van der Waals surface area contributed by atoms with Crippen LogP contribution in [0.25, 0.3) is 11.0 Å². The zero-order chi connectivity index (χ0) is 29.3. The molecule has 42 heavy (non-hydrogen) atoms. The number of carbonyl (C=O) groups excluding carboxylic acids is 2. The molecule has 2 heterocycles. The third-order valence-corrected chi connectivity index (χ3v) is 7.47. The lowest BCUT2D eigenvalue weighted by Gasteiger charge is -2.36. The minimum absolute atomic E-state index is 0.00990. The van der Waals surface area contributed by atoms with Crippen LogP contribution in [0.15, 0.2) is 79.1 Å². The monoisotopic (exact) mass is 572 g/mol. The molecule has 1 saturated heterocycles. The number of nitrogens with one attached hydrogen (secondary N) is 2. The van der Waals surface area contributed by atoms with Gasteiger partial charge in [-0.05, 0) is 41.7 Å². The van der Waals surface area contributed by atoms with Crippen molar-refractivity contribution in [3.8, 4) is 0 Å². The number of aliphatic hydroxyl groups is 1. The molecule has 4 N–H and O–H groups in total. The Morgan fingerprint density at radius 3 is 2.31 bits per heavy atom. The Kier molecular flexibility index (Phi) is 9.94. The van der Waals surface area contributed by atoms with E-state index in [0.717, 1.165) is 33.3 Å². The second-order valence-electron chi connectivity index (χ2n) is 10.5. The van der Waals surface area contributed by atoms with Gasteiger partial charge in [-0.2, -0.15) is 0 Å². The number of imidazole rings is 1. The Morgan fingerprint density at radius 2 is 1.57 bits per heavy atom. The van der Waals surface area contributed by atoms with E-state index in [1.165, 1.54) is 0 Å². The van der Waals surface area contributed by atoms with E-state index in [0.29, 0.717) is 38.8 Å². The number of fused-ring (bicyclic) bond motifs is 1. The van der Waals surface area contributed by atoms with E-state index in [1.807, 2.05) is 73.1 Å². The lowest BCUT2D eigenvalue weighted by atomic mass is 9.99. The average molecular weight is 573 g/mol. The highest BCUT2D eigenvalue weighted by molar-refractivity contribution is 5.76. The standard InChI is InChI=1S/C32H36N4O6/c37-20-23-11-13-24(14-12-23)29-17-26(19-36-21-34-27-5-1-2-6-28(27)36)41-32(42-29)25-15-9-22(10-16-25)18-33-30(38)7-3-4-8-31(39)35-40/h1-2,5-6,9-16,21,26,29,32,37,40H,3-4,7-8,17-20H2,(H,33,38)(H,35,39)/t26-,29+,32+/m1/s1. The van der Waals surface area contributed by atoms with Crippen molar-refractivity contribution < 1.29 is 29.4 Å². The first-order valence-electron chi connectivity index (χ1n) is 14.2. The van der Waals surface area contributed by atoms with Gasteiger partial charge in [0.25, 0.3) is 0 Å². The number of aliphatic hydroxyl groups excluding tert-OH is 1. The Hall–Kier alpha value is -4.09. The van der Waals surface area contributed by atoms with Crippen molar-refractivity contribution in [3.05, 3.63) is 101 Å². The van der Waals surface area contributed by atoms with Gasteiger partial charge in [-0.15, -0.1) is 0 Å². The number of para-hydroxylation sites is 2. The second-order valence-corrected chi connectivity index (χ2v) is 10.5. The Bertz CT molecular complexity index is 1470. The van der Waals surface area contributed by atoms with Crippen LogP contribution in [0.2, 0.25) is 0 Å². The summed E-state index contributed by atoms with van der Waals surface area (Å²) in [6.45, 7) is 1.00. The van der Waals surface area contributed by atoms with Crippen LogP contribution in [0.4, 0.5) is 0 Å². The number of hydroxylamine groups is 1. The predicted octanol–water partition coefficient (Wildman–Crippen LogP) is 4.46. The third kappa shape index (κ3) is 7.59. The molecule has 2 amide bonds. The maximum atomic E-state index is 12.2. The van der Waals surface area contributed by atoms with E-state index in [4.69, 9.17) is 14.7 Å². The van der Waals surface area contributed by atoms with E-state index in [9.17, 15) is 14.7 Å². The summed E-state index contributed by atoms with van der Waals surface area (Å²) < 4.78 is 15.1. The SMILES string of the molecule is O=C(CCCCC(=O)NCc1ccc([C@H]2O[C@@H](Cn3cnc4ccccc43)C[C@@H](c3ccc(CO)cc3)O2)cc1)NO. The number of unbranched alkanes of at least 4 members (excludes halogenated alkanes) is 1. The summed E-state index contributed by atoms with van der Waals surface area (Å²) in [5, 5.41) is 20.9. The van der Waals surface area contributed by atoms with E-state index < -0.39 is 12.2 Å². The van der Waals surface area contributed by atoms with Gasteiger partial charge in [0.05, 0.1) is 42.7 Å². The smallest absolute Gasteiger partial charge is 0.243 e. The van der Waals surface area contributed by atoms with E-state index in [-0.39, 0.29) is 31.1 Å². The molecule has 1 aliphatic rings. The maximum absolute atomic E-state index is 12.2. The molecule has 5 rings (SSSR count). The molecule has 0 radical (unpaired) electrons. The Labute approximate surface area is 244 Å². The molecule has 1 aromatic heterocycles. The molecule has 10 heteroatoms. The van der Waals surface area contributed by atoms with Gasteiger partial charge >= 0.3 is 0 Å². The lowest BCUT2D eigenvalue weighted by molar-refractivity contribution is -0.252. The zero-order valence-corrected chi connectivity index (χ0v) is 23.3. The Balaban J connectivity index is 1.24. The van der Waals surface area contributed by atoms with Crippen molar-refractivity contribution in [1.82, 2.24) is 20.3 Å². The highest BCUT2D eigenvalue weighted by Gasteiger charge is 2.32. The number of aromatic nitrogens is 2. The fraction of sp³-hybridized carbons (Fsp3) is 0.344. The van der Waals surface area contributed by atoms with E-state index >= 15 is 0 Å². The third-order valence-electron chi connectivity index (χ3n) is 7.47. The normalized spacial score (nSPS) is 18.6. The van der Waals surface area contributed by atoms with Crippen LogP contribution in [0.3, 0.4) is 0 Å². The molecule has 0 unspecified atom stereocenters.